The maximum absolute atomic E-state index is 13.3. The number of aldehydes is 1. The number of carbonyl (C=O) groups is 3. The molecule has 2 N–H and O–H groups in total. The van der Waals surface area contributed by atoms with Crippen LogP contribution in [0.4, 0.5) is 0 Å². The predicted octanol–water partition coefficient (Wildman–Crippen LogP) is 2.11. The number of aromatic hydroxyl groups is 1. The van der Waals surface area contributed by atoms with Crippen molar-refractivity contribution in [2.45, 2.75) is 31.7 Å². The number of hydrazone groups is 1. The molecule has 0 aliphatic carbocycles. The van der Waals surface area contributed by atoms with E-state index in [1.807, 2.05) is 79.7 Å². The number of hydrogen-bond acceptors (Lipinski definition) is 11. The highest BCUT2D eigenvalue weighted by Gasteiger charge is 2.41. The summed E-state index contributed by atoms with van der Waals surface area (Å²) in [5.41, 5.74) is 4.16. The first kappa shape index (κ1) is 40.1. The molecule has 0 aromatic heterocycles. The van der Waals surface area contributed by atoms with Crippen molar-refractivity contribution in [3.63, 3.8) is 0 Å². The lowest BCUT2D eigenvalue weighted by molar-refractivity contribution is -0.183. The maximum Gasteiger partial charge on any atom is 0.241 e. The van der Waals surface area contributed by atoms with Gasteiger partial charge in [0.15, 0.2) is 0 Å². The Hall–Kier alpha value is -4.66. The van der Waals surface area contributed by atoms with Gasteiger partial charge in [-0.3, -0.25) is 29.4 Å². The highest BCUT2D eigenvalue weighted by molar-refractivity contribution is 5.83. The predicted molar refractivity (Wildman–Crippen MR) is 202 cm³/mol. The van der Waals surface area contributed by atoms with Gasteiger partial charge in [0.25, 0.3) is 0 Å². The van der Waals surface area contributed by atoms with Crippen molar-refractivity contribution in [1.82, 2.24) is 35.0 Å². The average Bonchev–Trinajstić information content (AvgIpc) is 3.15. The quantitative estimate of drug-likeness (QED) is 0.130. The van der Waals surface area contributed by atoms with E-state index in [4.69, 9.17) is 4.74 Å². The molecule has 13 nitrogen and oxygen atoms in total. The molecule has 5 rings (SSSR count). The van der Waals surface area contributed by atoms with Crippen LogP contribution in [0.2, 0.25) is 0 Å². The van der Waals surface area contributed by atoms with Gasteiger partial charge in [-0.25, -0.2) is 5.01 Å². The monoisotopic (exact) mass is 714 g/mol. The van der Waals surface area contributed by atoms with E-state index in [2.05, 4.69) is 27.5 Å². The zero-order valence-electron chi connectivity index (χ0n) is 30.9. The molecule has 3 aromatic rings. The molecule has 52 heavy (non-hydrogen) atoms. The van der Waals surface area contributed by atoms with E-state index >= 15 is 0 Å². The fourth-order valence-corrected chi connectivity index (χ4v) is 6.26. The van der Waals surface area contributed by atoms with Crippen molar-refractivity contribution in [1.29, 1.82) is 0 Å². The number of rotatable bonds is 16. The molecule has 2 atom stereocenters. The molecule has 2 saturated heterocycles. The maximum atomic E-state index is 13.3. The lowest BCUT2D eigenvalue weighted by Crippen LogP contribution is -2.68. The summed E-state index contributed by atoms with van der Waals surface area (Å²) in [6.45, 7) is 6.97. The van der Waals surface area contributed by atoms with Gasteiger partial charge in [-0.1, -0.05) is 66.7 Å². The van der Waals surface area contributed by atoms with E-state index in [1.165, 1.54) is 15.5 Å². The summed E-state index contributed by atoms with van der Waals surface area (Å²) in [4.78, 5) is 43.8. The van der Waals surface area contributed by atoms with Gasteiger partial charge < -0.3 is 24.9 Å². The van der Waals surface area contributed by atoms with Crippen LogP contribution in [-0.4, -0.2) is 153 Å². The normalized spacial score (nSPS) is 17.6. The third kappa shape index (κ3) is 12.2. The summed E-state index contributed by atoms with van der Waals surface area (Å²) < 4.78 is 5.42. The second-order valence-electron chi connectivity index (χ2n) is 13.1. The number of hydrogen-bond donors (Lipinski definition) is 2. The number of ether oxygens (including phenoxy) is 1. The highest BCUT2D eigenvalue weighted by Crippen LogP contribution is 2.22. The fourth-order valence-electron chi connectivity index (χ4n) is 6.26. The molecular formula is C39H54N8O5. The van der Waals surface area contributed by atoms with Crippen LogP contribution in [0.15, 0.2) is 84.0 Å². The summed E-state index contributed by atoms with van der Waals surface area (Å²) >= 11 is 0. The second kappa shape index (κ2) is 21.0. The Bertz CT molecular complexity index is 1550. The standard InChI is InChI=1S/C31H43N7O5.C8H11N/c1-33(20-27-7-5-4-6-26(27)19-32-34(2)12-13-36-14-16-43-17-15-36)21-30-37(24-40)35(3)22-31(42)38(30)28(23-39)18-25-8-10-29(41)11-9-25;1-9-7-8-5-3-2-4-6-8/h4-11,19,23-24,28,30,41H,12-18,20-22H2,1-3H3;2-6,9H,7H2,1H3/b32-19+;/t28-,30?;/m0./s1. The third-order valence-electron chi connectivity index (χ3n) is 9.11. The molecule has 0 radical (unpaired) electrons. The Morgan fingerprint density at radius 3 is 2.35 bits per heavy atom. The van der Waals surface area contributed by atoms with Gasteiger partial charge in [0.05, 0.1) is 32.0 Å². The minimum absolute atomic E-state index is 0.0166. The highest BCUT2D eigenvalue weighted by atomic mass is 16.5. The molecular weight excluding hydrogens is 660 g/mol. The number of phenolic OH excluding ortho intramolecular Hbond substituents is 1. The Morgan fingerprint density at radius 1 is 0.981 bits per heavy atom. The van der Waals surface area contributed by atoms with Crippen LogP contribution in [0.25, 0.3) is 0 Å². The van der Waals surface area contributed by atoms with E-state index in [-0.39, 0.29) is 24.6 Å². The van der Waals surface area contributed by atoms with Gasteiger partial charge in [-0.05, 0) is 54.9 Å². The molecule has 0 spiro atoms. The topological polar surface area (TPSA) is 124 Å². The van der Waals surface area contributed by atoms with Crippen LogP contribution in [0.5, 0.6) is 5.75 Å². The number of benzene rings is 3. The first-order valence-electron chi connectivity index (χ1n) is 17.7. The Morgan fingerprint density at radius 2 is 1.67 bits per heavy atom. The minimum Gasteiger partial charge on any atom is -0.508 e. The summed E-state index contributed by atoms with van der Waals surface area (Å²) in [6, 6.07) is 24.1. The summed E-state index contributed by atoms with van der Waals surface area (Å²) in [7, 11) is 7.53. The van der Waals surface area contributed by atoms with Crippen LogP contribution < -0.4 is 5.32 Å². The number of likely N-dealkylation sites (N-methyl/N-ethyl adjacent to an activating group) is 3. The minimum atomic E-state index is -0.779. The average molecular weight is 715 g/mol. The molecule has 2 fully saturated rings. The summed E-state index contributed by atoms with van der Waals surface area (Å²) in [5.74, 6) is -0.110. The van der Waals surface area contributed by atoms with E-state index in [9.17, 15) is 19.5 Å². The fraction of sp³-hybridized carbons (Fsp3) is 0.436. The third-order valence-corrected chi connectivity index (χ3v) is 9.11. The largest absolute Gasteiger partial charge is 0.508 e. The molecule has 2 heterocycles. The van der Waals surface area contributed by atoms with Crippen LogP contribution in [-0.2, 0) is 38.6 Å². The van der Waals surface area contributed by atoms with Crippen LogP contribution >= 0.6 is 0 Å². The van der Waals surface area contributed by atoms with Crippen LogP contribution in [0.1, 0.15) is 22.3 Å². The molecule has 0 saturated carbocycles. The Balaban J connectivity index is 0.000000585. The molecule has 1 unspecified atom stereocenters. The first-order valence-corrected chi connectivity index (χ1v) is 17.7. The van der Waals surface area contributed by atoms with Gasteiger partial charge in [0.1, 0.15) is 18.2 Å². The van der Waals surface area contributed by atoms with Crippen molar-refractivity contribution in [2.75, 3.05) is 80.7 Å². The van der Waals surface area contributed by atoms with Crippen molar-refractivity contribution in [3.8, 4) is 5.75 Å². The van der Waals surface area contributed by atoms with E-state index < -0.39 is 12.2 Å². The lowest BCUT2D eigenvalue weighted by Gasteiger charge is -2.49. The molecule has 3 aromatic carbocycles. The first-order chi connectivity index (χ1) is 25.2. The number of carbonyl (C=O) groups excluding carboxylic acids is 3. The molecule has 13 heteroatoms. The summed E-state index contributed by atoms with van der Waals surface area (Å²) in [6.07, 6.45) is 2.91. The molecule has 2 aliphatic rings. The number of morpholine rings is 1. The van der Waals surface area contributed by atoms with E-state index in [1.54, 1.807) is 36.3 Å². The molecule has 2 amide bonds. The Labute approximate surface area is 308 Å². The Kier molecular flexibility index (Phi) is 16.2. The molecule has 2 aliphatic heterocycles. The number of nitrogens with one attached hydrogen (secondary N) is 1. The van der Waals surface area contributed by atoms with Gasteiger partial charge >= 0.3 is 0 Å². The van der Waals surface area contributed by atoms with Crippen molar-refractivity contribution >= 4 is 24.8 Å². The zero-order chi connectivity index (χ0) is 37.3. The van der Waals surface area contributed by atoms with E-state index in [0.29, 0.717) is 19.5 Å². The van der Waals surface area contributed by atoms with Crippen molar-refractivity contribution in [3.05, 3.63) is 101 Å². The molecule has 280 valence electrons. The smallest absolute Gasteiger partial charge is 0.241 e. The number of amides is 2. The zero-order valence-corrected chi connectivity index (χ0v) is 30.9. The number of hydrazine groups is 1. The van der Waals surface area contributed by atoms with Crippen molar-refractivity contribution in [2.24, 2.45) is 5.10 Å². The van der Waals surface area contributed by atoms with Gasteiger partial charge in [0, 0.05) is 59.9 Å². The van der Waals surface area contributed by atoms with Gasteiger partial charge in [0.2, 0.25) is 12.3 Å². The number of nitrogens with zero attached hydrogens (tertiary/aromatic N) is 7. The lowest BCUT2D eigenvalue weighted by atomic mass is 10.0. The van der Waals surface area contributed by atoms with Crippen LogP contribution in [0.3, 0.4) is 0 Å². The summed E-state index contributed by atoms with van der Waals surface area (Å²) in [5, 5.41) is 22.4. The van der Waals surface area contributed by atoms with E-state index in [0.717, 1.165) is 68.9 Å². The second-order valence-corrected chi connectivity index (χ2v) is 13.1. The number of phenols is 1. The SMILES string of the molecule is CN(Cc1ccccc1/C=N/N(C)CCN1CCOCC1)CC1N([C@H](C=O)Cc2ccc(O)cc2)C(=O)CN(C)N1C=O.CNCc1ccccc1. The van der Waals surface area contributed by atoms with Crippen LogP contribution in [0, 0.1) is 0 Å². The molecule has 0 bridgehead atoms. The van der Waals surface area contributed by atoms with Gasteiger partial charge in [-0.2, -0.15) is 5.10 Å². The van der Waals surface area contributed by atoms with Gasteiger partial charge in [-0.15, -0.1) is 0 Å². The van der Waals surface area contributed by atoms with Crippen molar-refractivity contribution < 1.29 is 24.2 Å².